The van der Waals surface area contributed by atoms with E-state index in [9.17, 15) is 15.0 Å². The van der Waals surface area contributed by atoms with Crippen molar-refractivity contribution in [2.45, 2.75) is 12.8 Å². The van der Waals surface area contributed by atoms with E-state index in [1.54, 1.807) is 11.0 Å². The molecule has 1 aromatic carbocycles. The van der Waals surface area contributed by atoms with E-state index in [4.69, 9.17) is 0 Å². The highest BCUT2D eigenvalue weighted by atomic mass is 16.3. The molecule has 1 heterocycles. The van der Waals surface area contributed by atoms with Gasteiger partial charge in [0.25, 0.3) is 5.91 Å². The molecule has 2 N–H and O–H groups in total. The van der Waals surface area contributed by atoms with Gasteiger partial charge in [0.05, 0.1) is 5.56 Å². The summed E-state index contributed by atoms with van der Waals surface area (Å²) in [5.74, 6) is -0.782. The van der Waals surface area contributed by atoms with Gasteiger partial charge in [0.2, 0.25) is 0 Å². The molecule has 1 aromatic rings. The minimum absolute atomic E-state index is 0.178. The number of hydrogen-bond acceptors (Lipinski definition) is 3. The van der Waals surface area contributed by atoms with Crippen LogP contribution in [-0.4, -0.2) is 34.1 Å². The van der Waals surface area contributed by atoms with Gasteiger partial charge in [0, 0.05) is 13.1 Å². The molecular weight excluding hydrogens is 194 g/mol. The van der Waals surface area contributed by atoms with Gasteiger partial charge < -0.3 is 15.1 Å². The van der Waals surface area contributed by atoms with Crippen molar-refractivity contribution < 1.29 is 15.0 Å². The zero-order valence-electron chi connectivity index (χ0n) is 8.31. The number of nitrogens with zero attached hydrogens (tertiary/aromatic N) is 1. The van der Waals surface area contributed by atoms with Crippen LogP contribution in [0.2, 0.25) is 0 Å². The molecule has 0 aliphatic carbocycles. The molecule has 15 heavy (non-hydrogen) atoms. The van der Waals surface area contributed by atoms with Crippen LogP contribution in [0, 0.1) is 0 Å². The van der Waals surface area contributed by atoms with Crippen molar-refractivity contribution in [3.8, 4) is 11.5 Å². The highest BCUT2D eigenvalue weighted by molar-refractivity contribution is 5.97. The maximum Gasteiger partial charge on any atom is 0.257 e. The molecule has 1 aliphatic rings. The van der Waals surface area contributed by atoms with Gasteiger partial charge in [-0.1, -0.05) is 6.07 Å². The average molecular weight is 207 g/mol. The minimum atomic E-state index is -0.325. The number of para-hydroxylation sites is 1. The third-order valence-electron chi connectivity index (χ3n) is 2.64. The number of likely N-dealkylation sites (tertiary alicyclic amines) is 1. The molecule has 0 aromatic heterocycles. The molecule has 2 rings (SSSR count). The first-order valence-electron chi connectivity index (χ1n) is 5.00. The van der Waals surface area contributed by atoms with E-state index in [1.165, 1.54) is 12.1 Å². The number of hydrogen-bond donors (Lipinski definition) is 2. The number of benzene rings is 1. The van der Waals surface area contributed by atoms with Gasteiger partial charge in [-0.25, -0.2) is 0 Å². The Morgan fingerprint density at radius 3 is 2.53 bits per heavy atom. The van der Waals surface area contributed by atoms with E-state index in [2.05, 4.69) is 0 Å². The van der Waals surface area contributed by atoms with Crippen LogP contribution in [0.25, 0.3) is 0 Å². The van der Waals surface area contributed by atoms with Crippen molar-refractivity contribution >= 4 is 5.91 Å². The molecule has 0 unspecified atom stereocenters. The summed E-state index contributed by atoms with van der Waals surface area (Å²) in [7, 11) is 0. The molecule has 0 bridgehead atoms. The fourth-order valence-electron chi connectivity index (χ4n) is 1.79. The highest BCUT2D eigenvalue weighted by Gasteiger charge is 2.22. The van der Waals surface area contributed by atoms with Crippen LogP contribution in [0.1, 0.15) is 23.2 Å². The number of rotatable bonds is 1. The van der Waals surface area contributed by atoms with Crippen molar-refractivity contribution in [2.24, 2.45) is 0 Å². The normalized spacial score (nSPS) is 15.6. The van der Waals surface area contributed by atoms with Crippen molar-refractivity contribution in [2.75, 3.05) is 13.1 Å². The van der Waals surface area contributed by atoms with E-state index in [-0.39, 0.29) is 23.0 Å². The van der Waals surface area contributed by atoms with Crippen molar-refractivity contribution in [3.05, 3.63) is 23.8 Å². The molecule has 1 fully saturated rings. The Morgan fingerprint density at radius 1 is 1.20 bits per heavy atom. The van der Waals surface area contributed by atoms with E-state index in [0.29, 0.717) is 0 Å². The van der Waals surface area contributed by atoms with E-state index in [0.717, 1.165) is 25.9 Å². The Labute approximate surface area is 87.8 Å². The molecule has 4 heteroatoms. The largest absolute Gasteiger partial charge is 0.504 e. The first kappa shape index (κ1) is 9.83. The lowest BCUT2D eigenvalue weighted by Crippen LogP contribution is -2.27. The second-order valence-electron chi connectivity index (χ2n) is 3.67. The van der Waals surface area contributed by atoms with Gasteiger partial charge in [0.1, 0.15) is 0 Å². The fraction of sp³-hybridized carbons (Fsp3) is 0.364. The van der Waals surface area contributed by atoms with Crippen molar-refractivity contribution in [1.82, 2.24) is 4.90 Å². The lowest BCUT2D eigenvalue weighted by Gasteiger charge is -2.16. The lowest BCUT2D eigenvalue weighted by molar-refractivity contribution is 0.0789. The number of carbonyl (C=O) groups is 1. The maximum atomic E-state index is 11.9. The van der Waals surface area contributed by atoms with E-state index in [1.807, 2.05) is 0 Å². The number of aromatic hydroxyl groups is 2. The molecule has 0 saturated carbocycles. The van der Waals surface area contributed by atoms with Gasteiger partial charge in [-0.3, -0.25) is 4.79 Å². The molecular formula is C11H13NO3. The minimum Gasteiger partial charge on any atom is -0.504 e. The second-order valence-corrected chi connectivity index (χ2v) is 3.67. The third kappa shape index (κ3) is 1.75. The molecule has 1 saturated heterocycles. The van der Waals surface area contributed by atoms with Crippen LogP contribution < -0.4 is 0 Å². The van der Waals surface area contributed by atoms with Gasteiger partial charge in [-0.05, 0) is 25.0 Å². The molecule has 1 amide bonds. The van der Waals surface area contributed by atoms with Crippen LogP contribution in [-0.2, 0) is 0 Å². The van der Waals surface area contributed by atoms with Gasteiger partial charge >= 0.3 is 0 Å². The zero-order chi connectivity index (χ0) is 10.8. The standard InChI is InChI=1S/C11H13NO3/c13-9-5-3-4-8(10(9)14)11(15)12-6-1-2-7-12/h3-5,13-14H,1-2,6-7H2. The fourth-order valence-corrected chi connectivity index (χ4v) is 1.79. The first-order chi connectivity index (χ1) is 7.20. The summed E-state index contributed by atoms with van der Waals surface area (Å²) in [5.41, 5.74) is 0.178. The molecule has 4 nitrogen and oxygen atoms in total. The number of phenolic OH excluding ortho intramolecular Hbond substituents is 2. The summed E-state index contributed by atoms with van der Waals surface area (Å²) in [5, 5.41) is 18.8. The number of phenols is 2. The molecule has 0 radical (unpaired) electrons. The van der Waals surface area contributed by atoms with Gasteiger partial charge in [-0.15, -0.1) is 0 Å². The van der Waals surface area contributed by atoms with E-state index >= 15 is 0 Å². The van der Waals surface area contributed by atoms with Crippen molar-refractivity contribution in [1.29, 1.82) is 0 Å². The quantitative estimate of drug-likeness (QED) is 0.683. The predicted octanol–water partition coefficient (Wildman–Crippen LogP) is 1.33. The zero-order valence-corrected chi connectivity index (χ0v) is 8.31. The lowest BCUT2D eigenvalue weighted by atomic mass is 10.1. The summed E-state index contributed by atoms with van der Waals surface area (Å²) in [6.07, 6.45) is 2.01. The average Bonchev–Trinajstić information content (AvgIpc) is 2.74. The smallest absolute Gasteiger partial charge is 0.257 e. The molecule has 0 atom stereocenters. The molecule has 80 valence electrons. The SMILES string of the molecule is O=C(c1cccc(O)c1O)N1CCCC1. The number of amides is 1. The third-order valence-corrected chi connectivity index (χ3v) is 2.64. The van der Waals surface area contributed by atoms with Crippen molar-refractivity contribution in [3.63, 3.8) is 0 Å². The first-order valence-corrected chi connectivity index (χ1v) is 5.00. The summed E-state index contributed by atoms with van der Waals surface area (Å²) in [4.78, 5) is 13.6. The number of carbonyl (C=O) groups excluding carboxylic acids is 1. The summed E-state index contributed by atoms with van der Waals surface area (Å²) in [6.45, 7) is 1.46. The van der Waals surface area contributed by atoms with Gasteiger partial charge in [0.15, 0.2) is 11.5 Å². The summed E-state index contributed by atoms with van der Waals surface area (Å²) < 4.78 is 0. The Balaban J connectivity index is 2.28. The Kier molecular flexibility index (Phi) is 2.49. The van der Waals surface area contributed by atoms with Crippen LogP contribution in [0.4, 0.5) is 0 Å². The second kappa shape index (κ2) is 3.81. The van der Waals surface area contributed by atoms with Crippen LogP contribution in [0.3, 0.4) is 0 Å². The summed E-state index contributed by atoms with van der Waals surface area (Å²) in [6, 6.07) is 4.43. The monoisotopic (exact) mass is 207 g/mol. The molecule has 1 aliphatic heterocycles. The van der Waals surface area contributed by atoms with Gasteiger partial charge in [-0.2, -0.15) is 0 Å². The van der Waals surface area contributed by atoms with Crippen LogP contribution in [0.15, 0.2) is 18.2 Å². The Morgan fingerprint density at radius 2 is 1.87 bits per heavy atom. The Bertz CT molecular complexity index is 383. The summed E-state index contributed by atoms with van der Waals surface area (Å²) >= 11 is 0. The predicted molar refractivity (Wildman–Crippen MR) is 54.9 cm³/mol. The molecule has 0 spiro atoms. The highest BCUT2D eigenvalue weighted by Crippen LogP contribution is 2.29. The van der Waals surface area contributed by atoms with Crippen LogP contribution >= 0.6 is 0 Å². The topological polar surface area (TPSA) is 60.8 Å². The van der Waals surface area contributed by atoms with E-state index < -0.39 is 0 Å². The van der Waals surface area contributed by atoms with Crippen LogP contribution in [0.5, 0.6) is 11.5 Å². The maximum absolute atomic E-state index is 11.9. The Hall–Kier alpha value is -1.71.